The number of esters is 1. The Morgan fingerprint density at radius 1 is 1.04 bits per heavy atom. The van der Waals surface area contributed by atoms with Crippen LogP contribution < -0.4 is 0 Å². The molecule has 0 amide bonds. The average Bonchev–Trinajstić information content (AvgIpc) is 2.67. The van der Waals surface area contributed by atoms with Crippen LogP contribution in [0.5, 0.6) is 0 Å². The number of rotatable bonds is 17. The van der Waals surface area contributed by atoms with E-state index in [1.165, 1.54) is 38.5 Å². The van der Waals surface area contributed by atoms with E-state index in [9.17, 15) is 9.90 Å². The Labute approximate surface area is 170 Å². The predicted molar refractivity (Wildman–Crippen MR) is 112 cm³/mol. The van der Waals surface area contributed by atoms with Gasteiger partial charge in [-0.15, -0.1) is 0 Å². The largest absolute Gasteiger partial charge is 0.430 e. The first-order valence-corrected chi connectivity index (χ1v) is 11.1. The number of aliphatic hydroxyl groups is 2. The summed E-state index contributed by atoms with van der Waals surface area (Å²) in [6, 6.07) is 0. The quantitative estimate of drug-likeness (QED) is 0.210. The van der Waals surface area contributed by atoms with E-state index in [2.05, 4.69) is 31.2 Å². The highest BCUT2D eigenvalue weighted by molar-refractivity contribution is 5.69. The van der Waals surface area contributed by atoms with Crippen LogP contribution in [0.3, 0.4) is 0 Å². The van der Waals surface area contributed by atoms with Crippen molar-refractivity contribution in [3.8, 4) is 0 Å². The Morgan fingerprint density at radius 2 is 1.64 bits per heavy atom. The molecule has 1 heterocycles. The molecule has 5 heteroatoms. The first-order valence-electron chi connectivity index (χ1n) is 11.1. The van der Waals surface area contributed by atoms with Gasteiger partial charge in [-0.05, 0) is 38.5 Å². The van der Waals surface area contributed by atoms with Gasteiger partial charge < -0.3 is 19.7 Å². The second-order valence-corrected chi connectivity index (χ2v) is 7.56. The number of ether oxygens (including phenoxy) is 2. The Bertz CT molecular complexity index is 454. The van der Waals surface area contributed by atoms with E-state index in [4.69, 9.17) is 14.6 Å². The minimum absolute atomic E-state index is 0.327. The molecule has 1 aliphatic heterocycles. The first-order chi connectivity index (χ1) is 13.6. The topological polar surface area (TPSA) is 76.0 Å². The molecular formula is C23H40O5. The van der Waals surface area contributed by atoms with Gasteiger partial charge in [0.05, 0.1) is 13.2 Å². The molecule has 0 spiro atoms. The smallest absolute Gasteiger partial charge is 0.308 e. The van der Waals surface area contributed by atoms with E-state index in [-0.39, 0.29) is 5.97 Å². The van der Waals surface area contributed by atoms with E-state index >= 15 is 0 Å². The molecule has 1 rings (SSSR count). The molecule has 0 aromatic carbocycles. The SMILES string of the molecule is CCCCC/C=C\C/C=C\CCCCCCCC(=O)OC1(C(O)CO)CCO1. The summed E-state index contributed by atoms with van der Waals surface area (Å²) in [5.41, 5.74) is 0. The number of aliphatic hydroxyl groups excluding tert-OH is 2. The van der Waals surface area contributed by atoms with Crippen LogP contribution in [0.25, 0.3) is 0 Å². The molecule has 1 aliphatic rings. The highest BCUT2D eigenvalue weighted by atomic mass is 16.7. The molecule has 2 N–H and O–H groups in total. The minimum Gasteiger partial charge on any atom is -0.430 e. The summed E-state index contributed by atoms with van der Waals surface area (Å²) in [6.07, 6.45) is 21.1. The molecule has 0 saturated carbocycles. The normalized spacial score (nSPS) is 20.5. The van der Waals surface area contributed by atoms with Gasteiger partial charge in [-0.2, -0.15) is 0 Å². The van der Waals surface area contributed by atoms with Crippen molar-refractivity contribution in [1.29, 1.82) is 0 Å². The number of hydrogen-bond donors (Lipinski definition) is 2. The third kappa shape index (κ3) is 10.4. The highest BCUT2D eigenvalue weighted by Gasteiger charge is 2.48. The van der Waals surface area contributed by atoms with Crippen molar-refractivity contribution in [2.75, 3.05) is 13.2 Å². The maximum atomic E-state index is 11.9. The molecule has 0 radical (unpaired) electrons. The lowest BCUT2D eigenvalue weighted by Crippen LogP contribution is -2.57. The lowest BCUT2D eigenvalue weighted by atomic mass is 10.0. The van der Waals surface area contributed by atoms with Crippen LogP contribution in [-0.2, 0) is 14.3 Å². The van der Waals surface area contributed by atoms with Gasteiger partial charge >= 0.3 is 5.97 Å². The van der Waals surface area contributed by atoms with Crippen molar-refractivity contribution < 1.29 is 24.5 Å². The summed E-state index contributed by atoms with van der Waals surface area (Å²) in [7, 11) is 0. The summed E-state index contributed by atoms with van der Waals surface area (Å²) >= 11 is 0. The molecule has 0 aromatic rings. The Hall–Kier alpha value is -1.17. The molecular weight excluding hydrogens is 356 g/mol. The van der Waals surface area contributed by atoms with Crippen LogP contribution in [0.1, 0.15) is 90.4 Å². The molecule has 1 saturated heterocycles. The van der Waals surface area contributed by atoms with Crippen molar-refractivity contribution in [2.24, 2.45) is 0 Å². The minimum atomic E-state index is -1.32. The van der Waals surface area contributed by atoms with Crippen LogP contribution >= 0.6 is 0 Å². The Kier molecular flexibility index (Phi) is 14.0. The third-order valence-electron chi connectivity index (χ3n) is 5.10. The average molecular weight is 397 g/mol. The molecule has 0 aliphatic carbocycles. The standard InChI is InChI=1S/C23H40O5/c1-2-3-4-5-6-7-8-9-10-11-12-13-14-15-16-17-22(26)28-23(18-19-27-23)21(25)20-24/h6-7,9-10,21,24-25H,2-5,8,11-20H2,1H3/b7-6-,10-9-. The van der Waals surface area contributed by atoms with Crippen LogP contribution in [0.15, 0.2) is 24.3 Å². The lowest BCUT2D eigenvalue weighted by Gasteiger charge is -2.43. The summed E-state index contributed by atoms with van der Waals surface area (Å²) < 4.78 is 10.5. The number of carbonyl (C=O) groups is 1. The van der Waals surface area contributed by atoms with Gasteiger partial charge in [0.1, 0.15) is 6.10 Å². The molecule has 28 heavy (non-hydrogen) atoms. The van der Waals surface area contributed by atoms with Crippen molar-refractivity contribution in [2.45, 2.75) is 102 Å². The van der Waals surface area contributed by atoms with E-state index in [0.29, 0.717) is 19.4 Å². The molecule has 5 nitrogen and oxygen atoms in total. The number of unbranched alkanes of at least 4 members (excludes halogenated alkanes) is 8. The van der Waals surface area contributed by atoms with Gasteiger partial charge in [0.2, 0.25) is 5.79 Å². The van der Waals surface area contributed by atoms with Crippen LogP contribution in [0.4, 0.5) is 0 Å². The molecule has 162 valence electrons. The van der Waals surface area contributed by atoms with Crippen LogP contribution in [0, 0.1) is 0 Å². The van der Waals surface area contributed by atoms with Crippen LogP contribution in [-0.4, -0.2) is 41.3 Å². The van der Waals surface area contributed by atoms with E-state index in [1.54, 1.807) is 0 Å². The fraction of sp³-hybridized carbons (Fsp3) is 0.783. The van der Waals surface area contributed by atoms with Gasteiger partial charge in [0, 0.05) is 12.8 Å². The fourth-order valence-electron chi connectivity index (χ4n) is 3.18. The van der Waals surface area contributed by atoms with Gasteiger partial charge in [-0.3, -0.25) is 4.79 Å². The number of carbonyl (C=O) groups excluding carboxylic acids is 1. The van der Waals surface area contributed by atoms with Crippen molar-refractivity contribution in [1.82, 2.24) is 0 Å². The monoisotopic (exact) mass is 396 g/mol. The Morgan fingerprint density at radius 3 is 2.21 bits per heavy atom. The summed E-state index contributed by atoms with van der Waals surface area (Å²) in [5, 5.41) is 18.8. The van der Waals surface area contributed by atoms with Crippen LogP contribution in [0.2, 0.25) is 0 Å². The third-order valence-corrected chi connectivity index (χ3v) is 5.10. The second kappa shape index (κ2) is 15.7. The zero-order valence-electron chi connectivity index (χ0n) is 17.6. The van der Waals surface area contributed by atoms with Crippen molar-refractivity contribution >= 4 is 5.97 Å². The molecule has 1 fully saturated rings. The van der Waals surface area contributed by atoms with Gasteiger partial charge in [-0.25, -0.2) is 0 Å². The van der Waals surface area contributed by atoms with Gasteiger partial charge in [-0.1, -0.05) is 63.3 Å². The molecule has 2 atom stereocenters. The maximum Gasteiger partial charge on any atom is 0.308 e. The fourth-order valence-corrected chi connectivity index (χ4v) is 3.18. The van der Waals surface area contributed by atoms with Gasteiger partial charge in [0.15, 0.2) is 0 Å². The predicted octanol–water partition coefficient (Wildman–Crippen LogP) is 4.81. The Balaban J connectivity index is 1.93. The molecule has 0 aromatic heterocycles. The lowest BCUT2D eigenvalue weighted by molar-refractivity contribution is -0.333. The summed E-state index contributed by atoms with van der Waals surface area (Å²) in [6.45, 7) is 2.19. The maximum absolute atomic E-state index is 11.9. The van der Waals surface area contributed by atoms with E-state index in [0.717, 1.165) is 32.1 Å². The zero-order valence-corrected chi connectivity index (χ0v) is 17.6. The van der Waals surface area contributed by atoms with Gasteiger partial charge in [0.25, 0.3) is 0 Å². The first kappa shape index (κ1) is 24.9. The molecule has 2 unspecified atom stereocenters. The van der Waals surface area contributed by atoms with E-state index < -0.39 is 18.5 Å². The van der Waals surface area contributed by atoms with E-state index in [1.807, 2.05) is 0 Å². The number of hydrogen-bond acceptors (Lipinski definition) is 5. The summed E-state index contributed by atoms with van der Waals surface area (Å²) in [4.78, 5) is 11.9. The number of allylic oxidation sites excluding steroid dienone is 4. The molecule has 0 bridgehead atoms. The highest BCUT2D eigenvalue weighted by Crippen LogP contribution is 2.32. The summed E-state index contributed by atoms with van der Waals surface area (Å²) in [5.74, 6) is -1.68. The second-order valence-electron chi connectivity index (χ2n) is 7.56. The van der Waals surface area contributed by atoms with Crippen molar-refractivity contribution in [3.05, 3.63) is 24.3 Å². The van der Waals surface area contributed by atoms with Crippen molar-refractivity contribution in [3.63, 3.8) is 0 Å². The zero-order chi connectivity index (χ0) is 20.5.